The molecule has 0 saturated carbocycles. The van der Waals surface area contributed by atoms with E-state index in [-0.39, 0.29) is 11.7 Å². The molecule has 0 amide bonds. The Bertz CT molecular complexity index is 1090. The van der Waals surface area contributed by atoms with Gasteiger partial charge in [-0.2, -0.15) is 0 Å². The number of aryl methyl sites for hydroxylation is 1. The first-order valence-corrected chi connectivity index (χ1v) is 10.1. The molecule has 3 aromatic rings. The Kier molecular flexibility index (Phi) is 5.75. The standard InChI is InChI=1S/C24H25N3O4/c1-14-22-18(27-24(25-14)26-17-8-6-5-7-9-17)10-15(11-19(22)28)16-12-20(29-2)23(31-4)21(13-16)30-3/h5-9,12-13,15H,10-11H2,1-4H3,(H,25,26,27)/t15-/m0/s1. The highest BCUT2D eigenvalue weighted by Crippen LogP contribution is 2.42. The highest BCUT2D eigenvalue weighted by molar-refractivity contribution is 5.99. The molecule has 0 aliphatic heterocycles. The fraction of sp³-hybridized carbons (Fsp3) is 0.292. The highest BCUT2D eigenvalue weighted by Gasteiger charge is 2.31. The summed E-state index contributed by atoms with van der Waals surface area (Å²) in [5, 5.41) is 3.23. The van der Waals surface area contributed by atoms with Crippen molar-refractivity contribution in [1.29, 1.82) is 0 Å². The maximum atomic E-state index is 13.0. The third kappa shape index (κ3) is 4.03. The molecule has 1 atom stereocenters. The minimum Gasteiger partial charge on any atom is -0.493 e. The lowest BCUT2D eigenvalue weighted by molar-refractivity contribution is 0.0962. The van der Waals surface area contributed by atoms with Gasteiger partial charge in [0.2, 0.25) is 11.7 Å². The molecule has 7 nitrogen and oxygen atoms in total. The van der Waals surface area contributed by atoms with E-state index in [9.17, 15) is 4.79 Å². The number of aromatic nitrogens is 2. The molecule has 1 aromatic heterocycles. The molecule has 2 aromatic carbocycles. The smallest absolute Gasteiger partial charge is 0.227 e. The molecular formula is C24H25N3O4. The Hall–Kier alpha value is -3.61. The molecular weight excluding hydrogens is 394 g/mol. The van der Waals surface area contributed by atoms with Gasteiger partial charge in [-0.1, -0.05) is 18.2 Å². The number of rotatable bonds is 6. The van der Waals surface area contributed by atoms with E-state index in [0.717, 1.165) is 16.9 Å². The van der Waals surface area contributed by atoms with Crippen LogP contribution in [0.5, 0.6) is 17.2 Å². The van der Waals surface area contributed by atoms with Crippen molar-refractivity contribution in [3.8, 4) is 17.2 Å². The van der Waals surface area contributed by atoms with Crippen molar-refractivity contribution in [3.63, 3.8) is 0 Å². The summed E-state index contributed by atoms with van der Waals surface area (Å²) in [4.78, 5) is 22.2. The van der Waals surface area contributed by atoms with Gasteiger partial charge in [0, 0.05) is 12.1 Å². The van der Waals surface area contributed by atoms with E-state index in [1.807, 2.05) is 49.4 Å². The number of hydrogen-bond acceptors (Lipinski definition) is 7. The van der Waals surface area contributed by atoms with Gasteiger partial charge >= 0.3 is 0 Å². The van der Waals surface area contributed by atoms with Crippen LogP contribution in [0.2, 0.25) is 0 Å². The van der Waals surface area contributed by atoms with Crippen molar-refractivity contribution in [3.05, 3.63) is 65.0 Å². The Morgan fingerprint density at radius 1 is 0.935 bits per heavy atom. The summed E-state index contributed by atoms with van der Waals surface area (Å²) in [7, 11) is 4.74. The van der Waals surface area contributed by atoms with Crippen molar-refractivity contribution >= 4 is 17.4 Å². The second-order valence-corrected chi connectivity index (χ2v) is 7.43. The average Bonchev–Trinajstić information content (AvgIpc) is 2.78. The maximum absolute atomic E-state index is 13.0. The minimum absolute atomic E-state index is 0.0452. The van der Waals surface area contributed by atoms with Crippen LogP contribution in [0.25, 0.3) is 0 Å². The number of fused-ring (bicyclic) bond motifs is 1. The fourth-order valence-electron chi connectivity index (χ4n) is 4.05. The number of ether oxygens (including phenoxy) is 3. The molecule has 0 saturated heterocycles. The van der Waals surface area contributed by atoms with Gasteiger partial charge in [0.1, 0.15) is 0 Å². The second kappa shape index (κ2) is 8.63. The summed E-state index contributed by atoms with van der Waals surface area (Å²) in [5.74, 6) is 2.15. The lowest BCUT2D eigenvalue weighted by Crippen LogP contribution is -2.23. The number of nitrogens with zero attached hydrogens (tertiary/aromatic N) is 2. The summed E-state index contributed by atoms with van der Waals surface area (Å²) >= 11 is 0. The van der Waals surface area contributed by atoms with Gasteiger partial charge < -0.3 is 19.5 Å². The first-order chi connectivity index (χ1) is 15.0. The molecule has 0 bridgehead atoms. The molecule has 4 rings (SSSR count). The zero-order valence-electron chi connectivity index (χ0n) is 18.1. The number of carbonyl (C=O) groups excluding carboxylic acids is 1. The molecule has 0 fully saturated rings. The average molecular weight is 419 g/mol. The van der Waals surface area contributed by atoms with E-state index < -0.39 is 0 Å². The largest absolute Gasteiger partial charge is 0.493 e. The molecule has 1 heterocycles. The van der Waals surface area contributed by atoms with Crippen molar-refractivity contribution < 1.29 is 19.0 Å². The van der Waals surface area contributed by atoms with E-state index >= 15 is 0 Å². The van der Waals surface area contributed by atoms with Crippen LogP contribution in [0.1, 0.15) is 39.6 Å². The van der Waals surface area contributed by atoms with Gasteiger partial charge in [-0.3, -0.25) is 4.79 Å². The lowest BCUT2D eigenvalue weighted by atomic mass is 9.81. The summed E-state index contributed by atoms with van der Waals surface area (Å²) in [6.45, 7) is 1.86. The van der Waals surface area contributed by atoms with Crippen molar-refractivity contribution in [2.75, 3.05) is 26.6 Å². The summed E-state index contributed by atoms with van der Waals surface area (Å²) in [5.41, 5.74) is 3.91. The predicted molar refractivity (Wildman–Crippen MR) is 118 cm³/mol. The predicted octanol–water partition coefficient (Wildman–Crippen LogP) is 4.47. The van der Waals surface area contributed by atoms with Crippen LogP contribution in [0, 0.1) is 6.92 Å². The maximum Gasteiger partial charge on any atom is 0.227 e. The van der Waals surface area contributed by atoms with Crippen LogP contribution in [0.3, 0.4) is 0 Å². The van der Waals surface area contributed by atoms with Crippen LogP contribution in [-0.2, 0) is 6.42 Å². The second-order valence-electron chi connectivity index (χ2n) is 7.43. The monoisotopic (exact) mass is 419 g/mol. The first-order valence-electron chi connectivity index (χ1n) is 10.1. The van der Waals surface area contributed by atoms with Gasteiger partial charge in [0.05, 0.1) is 38.3 Å². The number of carbonyl (C=O) groups is 1. The SMILES string of the molecule is COc1cc([C@@H]2CC(=O)c3c(C)nc(Nc4ccccc4)nc3C2)cc(OC)c1OC. The molecule has 7 heteroatoms. The highest BCUT2D eigenvalue weighted by atomic mass is 16.5. The number of anilines is 2. The summed E-state index contributed by atoms with van der Waals surface area (Å²) < 4.78 is 16.4. The molecule has 0 spiro atoms. The number of nitrogens with one attached hydrogen (secondary N) is 1. The molecule has 1 N–H and O–H groups in total. The molecule has 0 radical (unpaired) electrons. The normalized spacial score (nSPS) is 15.2. The number of Topliss-reactive ketones (excluding diaryl/α,β-unsaturated/α-hetero) is 1. The summed E-state index contributed by atoms with van der Waals surface area (Å²) in [6, 6.07) is 13.5. The van der Waals surface area contributed by atoms with Crippen LogP contribution >= 0.6 is 0 Å². The van der Waals surface area contributed by atoms with E-state index in [0.29, 0.717) is 47.3 Å². The Morgan fingerprint density at radius 2 is 1.61 bits per heavy atom. The number of hydrogen-bond donors (Lipinski definition) is 1. The van der Waals surface area contributed by atoms with Gasteiger partial charge in [0.15, 0.2) is 17.3 Å². The van der Waals surface area contributed by atoms with Gasteiger partial charge in [-0.15, -0.1) is 0 Å². The Labute approximate surface area is 181 Å². The van der Waals surface area contributed by atoms with E-state index in [1.165, 1.54) is 0 Å². The van der Waals surface area contributed by atoms with Crippen LogP contribution in [0.4, 0.5) is 11.6 Å². The zero-order chi connectivity index (χ0) is 22.0. The van der Waals surface area contributed by atoms with Crippen molar-refractivity contribution in [2.24, 2.45) is 0 Å². The number of methoxy groups -OCH3 is 3. The van der Waals surface area contributed by atoms with E-state index in [1.54, 1.807) is 21.3 Å². The molecule has 0 unspecified atom stereocenters. The zero-order valence-corrected chi connectivity index (χ0v) is 18.1. The number of ketones is 1. The van der Waals surface area contributed by atoms with Gasteiger partial charge in [-0.25, -0.2) is 9.97 Å². The molecule has 1 aliphatic carbocycles. The Morgan fingerprint density at radius 3 is 2.23 bits per heavy atom. The summed E-state index contributed by atoms with van der Waals surface area (Å²) in [6.07, 6.45) is 0.994. The van der Waals surface area contributed by atoms with Crippen molar-refractivity contribution in [1.82, 2.24) is 9.97 Å². The third-order valence-electron chi connectivity index (χ3n) is 5.50. The topological polar surface area (TPSA) is 82.6 Å². The quantitative estimate of drug-likeness (QED) is 0.631. The van der Waals surface area contributed by atoms with Crippen LogP contribution < -0.4 is 19.5 Å². The molecule has 31 heavy (non-hydrogen) atoms. The van der Waals surface area contributed by atoms with Gasteiger partial charge in [-0.05, 0) is 49.1 Å². The molecule has 160 valence electrons. The first kappa shape index (κ1) is 20.7. The third-order valence-corrected chi connectivity index (χ3v) is 5.50. The number of para-hydroxylation sites is 1. The minimum atomic E-state index is -0.0485. The van der Waals surface area contributed by atoms with Crippen molar-refractivity contribution in [2.45, 2.75) is 25.7 Å². The van der Waals surface area contributed by atoms with Crippen LogP contribution in [-0.4, -0.2) is 37.1 Å². The molecule has 1 aliphatic rings. The number of benzene rings is 2. The van der Waals surface area contributed by atoms with Gasteiger partial charge in [0.25, 0.3) is 0 Å². The fourth-order valence-corrected chi connectivity index (χ4v) is 4.05. The Balaban J connectivity index is 1.70. The lowest BCUT2D eigenvalue weighted by Gasteiger charge is -2.26. The van der Waals surface area contributed by atoms with E-state index in [4.69, 9.17) is 14.2 Å². The van der Waals surface area contributed by atoms with Crippen LogP contribution in [0.15, 0.2) is 42.5 Å². The van der Waals surface area contributed by atoms with E-state index in [2.05, 4.69) is 15.3 Å².